The van der Waals surface area contributed by atoms with Crippen molar-refractivity contribution in [1.82, 2.24) is 10.3 Å². The fourth-order valence-electron chi connectivity index (χ4n) is 2.75. The number of amides is 3. The smallest absolute Gasteiger partial charge is 0.346 e. The van der Waals surface area contributed by atoms with Gasteiger partial charge >= 0.3 is 6.03 Å². The number of carbonyl (C=O) groups is 2. The lowest BCUT2D eigenvalue weighted by molar-refractivity contribution is -0.131. The second kappa shape index (κ2) is 6.99. The summed E-state index contributed by atoms with van der Waals surface area (Å²) >= 11 is 0. The highest BCUT2D eigenvalue weighted by Gasteiger charge is 2.49. The maximum atomic E-state index is 12.8. The molecule has 0 radical (unpaired) electrons. The molecule has 1 atom stereocenters. The first-order valence-corrected chi connectivity index (χ1v) is 8.11. The molecule has 0 bridgehead atoms. The summed E-state index contributed by atoms with van der Waals surface area (Å²) in [6.45, 7) is 1.62. The maximum absolute atomic E-state index is 12.8. The van der Waals surface area contributed by atoms with E-state index in [9.17, 15) is 14.7 Å². The zero-order valence-electron chi connectivity index (χ0n) is 15.1. The molecule has 140 valence electrons. The van der Waals surface area contributed by atoms with E-state index in [-0.39, 0.29) is 11.5 Å². The molecule has 3 rings (SSSR count). The van der Waals surface area contributed by atoms with Gasteiger partial charge in [0.25, 0.3) is 5.91 Å². The summed E-state index contributed by atoms with van der Waals surface area (Å²) in [5, 5.41) is 17.1. The molecule has 27 heavy (non-hydrogen) atoms. The van der Waals surface area contributed by atoms with Gasteiger partial charge in [-0.25, -0.2) is 4.79 Å². The lowest BCUT2D eigenvalue weighted by atomic mass is 9.92. The van der Waals surface area contributed by atoms with E-state index in [1.807, 2.05) is 0 Å². The molecular formula is C19H19N3O5. The molecular weight excluding hydrogens is 350 g/mol. The number of hydrogen-bond donors (Lipinski definition) is 2. The standard InChI is InChI=1S/C19H19N3O5/c1-19(13-5-7-14(26-2)8-6-13)17(24)22(18(25)21-19)20-11-12-4-9-15(23)16(10-12)27-3/h4-11,23H,1-3H3,(H,21,25)/b20-11+/t19-/m1/s1. The molecule has 3 amide bonds. The number of aromatic hydroxyl groups is 1. The van der Waals surface area contributed by atoms with Crippen LogP contribution >= 0.6 is 0 Å². The van der Waals surface area contributed by atoms with Gasteiger partial charge < -0.3 is 19.9 Å². The molecule has 1 fully saturated rings. The van der Waals surface area contributed by atoms with Crippen molar-refractivity contribution in [2.75, 3.05) is 14.2 Å². The van der Waals surface area contributed by atoms with Gasteiger partial charge in [-0.3, -0.25) is 4.79 Å². The van der Waals surface area contributed by atoms with Crippen molar-refractivity contribution < 1.29 is 24.2 Å². The number of hydrogen-bond acceptors (Lipinski definition) is 6. The maximum Gasteiger partial charge on any atom is 0.346 e. The fourth-order valence-corrected chi connectivity index (χ4v) is 2.75. The van der Waals surface area contributed by atoms with Gasteiger partial charge in [0.1, 0.15) is 11.3 Å². The van der Waals surface area contributed by atoms with Gasteiger partial charge in [-0.2, -0.15) is 5.10 Å². The molecule has 1 aliphatic rings. The summed E-state index contributed by atoms with van der Waals surface area (Å²) in [7, 11) is 2.97. The third-order valence-electron chi connectivity index (χ3n) is 4.36. The van der Waals surface area contributed by atoms with E-state index in [0.717, 1.165) is 5.01 Å². The van der Waals surface area contributed by atoms with Crippen LogP contribution in [0.2, 0.25) is 0 Å². The Labute approximate surface area is 156 Å². The van der Waals surface area contributed by atoms with Gasteiger partial charge in [-0.05, 0) is 48.4 Å². The number of methoxy groups -OCH3 is 2. The van der Waals surface area contributed by atoms with Crippen molar-refractivity contribution in [3.8, 4) is 17.2 Å². The van der Waals surface area contributed by atoms with Crippen molar-refractivity contribution in [3.05, 3.63) is 53.6 Å². The highest BCUT2D eigenvalue weighted by Crippen LogP contribution is 2.30. The highest BCUT2D eigenvalue weighted by molar-refractivity contribution is 6.07. The van der Waals surface area contributed by atoms with Crippen LogP contribution in [0.25, 0.3) is 0 Å². The zero-order valence-corrected chi connectivity index (χ0v) is 15.1. The number of nitrogens with one attached hydrogen (secondary N) is 1. The number of hydrazone groups is 1. The minimum atomic E-state index is -1.23. The number of phenols is 1. The average molecular weight is 369 g/mol. The summed E-state index contributed by atoms with van der Waals surface area (Å²) in [5.41, 5.74) is -0.0539. The van der Waals surface area contributed by atoms with Gasteiger partial charge in [-0.1, -0.05) is 12.1 Å². The largest absolute Gasteiger partial charge is 0.504 e. The molecule has 1 heterocycles. The Kier molecular flexibility index (Phi) is 4.72. The SMILES string of the molecule is COc1ccc([C@@]2(C)NC(=O)N(/N=C/c3ccc(O)c(OC)c3)C2=O)cc1. The summed E-state index contributed by atoms with van der Waals surface area (Å²) in [4.78, 5) is 25.1. The van der Waals surface area contributed by atoms with Crippen LogP contribution in [-0.2, 0) is 10.3 Å². The first-order valence-electron chi connectivity index (χ1n) is 8.11. The predicted octanol–water partition coefficient (Wildman–Crippen LogP) is 2.21. The minimum absolute atomic E-state index is 0.0169. The number of imide groups is 1. The number of carbonyl (C=O) groups excluding carboxylic acids is 2. The van der Waals surface area contributed by atoms with Gasteiger partial charge in [-0.15, -0.1) is 5.01 Å². The molecule has 1 aliphatic heterocycles. The van der Waals surface area contributed by atoms with Crippen molar-refractivity contribution in [3.63, 3.8) is 0 Å². The number of nitrogens with zero attached hydrogens (tertiary/aromatic N) is 2. The van der Waals surface area contributed by atoms with Crippen LogP contribution < -0.4 is 14.8 Å². The van der Waals surface area contributed by atoms with E-state index >= 15 is 0 Å². The minimum Gasteiger partial charge on any atom is -0.504 e. The van der Waals surface area contributed by atoms with Crippen molar-refractivity contribution in [2.24, 2.45) is 5.10 Å². The van der Waals surface area contributed by atoms with Crippen LogP contribution in [0.3, 0.4) is 0 Å². The molecule has 8 nitrogen and oxygen atoms in total. The van der Waals surface area contributed by atoms with E-state index in [4.69, 9.17) is 9.47 Å². The normalized spacial score (nSPS) is 19.4. The van der Waals surface area contributed by atoms with E-state index < -0.39 is 17.5 Å². The van der Waals surface area contributed by atoms with Crippen LogP contribution in [0, 0.1) is 0 Å². The predicted molar refractivity (Wildman–Crippen MR) is 98.0 cm³/mol. The topological polar surface area (TPSA) is 100 Å². The lowest BCUT2D eigenvalue weighted by Gasteiger charge is -2.21. The first-order chi connectivity index (χ1) is 12.9. The Morgan fingerprint density at radius 3 is 2.44 bits per heavy atom. The number of rotatable bonds is 5. The lowest BCUT2D eigenvalue weighted by Crippen LogP contribution is -2.40. The van der Waals surface area contributed by atoms with Gasteiger partial charge in [0, 0.05) is 0 Å². The van der Waals surface area contributed by atoms with Crippen LogP contribution in [0.5, 0.6) is 17.2 Å². The Balaban J connectivity index is 1.85. The van der Waals surface area contributed by atoms with E-state index in [2.05, 4.69) is 10.4 Å². The molecule has 2 N–H and O–H groups in total. The Morgan fingerprint density at radius 1 is 1.11 bits per heavy atom. The molecule has 2 aromatic rings. The zero-order chi connectivity index (χ0) is 19.6. The summed E-state index contributed by atoms with van der Waals surface area (Å²) in [6, 6.07) is 10.8. The molecule has 8 heteroatoms. The summed E-state index contributed by atoms with van der Waals surface area (Å²) in [5.74, 6) is 0.394. The third kappa shape index (κ3) is 3.29. The van der Waals surface area contributed by atoms with E-state index in [0.29, 0.717) is 16.9 Å². The van der Waals surface area contributed by atoms with Crippen LogP contribution in [-0.4, -0.2) is 42.5 Å². The quantitative estimate of drug-likeness (QED) is 0.622. The Hall–Kier alpha value is -3.55. The molecule has 2 aromatic carbocycles. The average Bonchev–Trinajstić information content (AvgIpc) is 2.90. The van der Waals surface area contributed by atoms with Crippen molar-refractivity contribution in [1.29, 1.82) is 0 Å². The highest BCUT2D eigenvalue weighted by atomic mass is 16.5. The van der Waals surface area contributed by atoms with E-state index in [1.165, 1.54) is 19.4 Å². The second-order valence-electron chi connectivity index (χ2n) is 6.08. The summed E-state index contributed by atoms with van der Waals surface area (Å²) < 4.78 is 10.1. The van der Waals surface area contributed by atoms with E-state index in [1.54, 1.807) is 50.4 Å². The summed E-state index contributed by atoms with van der Waals surface area (Å²) in [6.07, 6.45) is 1.35. The number of urea groups is 1. The van der Waals surface area contributed by atoms with Crippen LogP contribution in [0.4, 0.5) is 4.79 Å². The Bertz CT molecular complexity index is 910. The van der Waals surface area contributed by atoms with Gasteiger partial charge in [0.05, 0.1) is 20.4 Å². The Morgan fingerprint density at radius 2 is 1.81 bits per heavy atom. The molecule has 0 aliphatic carbocycles. The monoisotopic (exact) mass is 369 g/mol. The second-order valence-corrected chi connectivity index (χ2v) is 6.08. The van der Waals surface area contributed by atoms with Crippen LogP contribution in [0.15, 0.2) is 47.6 Å². The molecule has 0 unspecified atom stereocenters. The third-order valence-corrected chi connectivity index (χ3v) is 4.36. The fraction of sp³-hybridized carbons (Fsp3) is 0.211. The molecule has 0 aromatic heterocycles. The van der Waals surface area contributed by atoms with Crippen molar-refractivity contribution >= 4 is 18.2 Å². The first kappa shape index (κ1) is 18.2. The van der Waals surface area contributed by atoms with Gasteiger partial charge in [0.15, 0.2) is 11.5 Å². The number of benzene rings is 2. The molecule has 1 saturated heterocycles. The molecule has 0 spiro atoms. The van der Waals surface area contributed by atoms with Crippen molar-refractivity contribution in [2.45, 2.75) is 12.5 Å². The number of phenolic OH excluding ortho intramolecular Hbond substituents is 1. The van der Waals surface area contributed by atoms with Gasteiger partial charge in [0.2, 0.25) is 0 Å². The number of ether oxygens (including phenoxy) is 2. The van der Waals surface area contributed by atoms with Crippen LogP contribution in [0.1, 0.15) is 18.1 Å². The molecule has 0 saturated carbocycles.